The van der Waals surface area contributed by atoms with Crippen molar-refractivity contribution in [3.63, 3.8) is 0 Å². The molecule has 7 aromatic carbocycles. The van der Waals surface area contributed by atoms with Gasteiger partial charge in [-0.25, -0.2) is 19.2 Å². The number of hydrogen-bond donors (Lipinski definition) is 4. The van der Waals surface area contributed by atoms with Crippen LogP contribution in [0.4, 0.5) is 22.7 Å². The number of nitro groups is 1. The van der Waals surface area contributed by atoms with Gasteiger partial charge in [-0.15, -0.1) is 0 Å². The van der Waals surface area contributed by atoms with E-state index in [1.165, 1.54) is 79.8 Å². The van der Waals surface area contributed by atoms with Crippen molar-refractivity contribution >= 4 is 89.7 Å². The van der Waals surface area contributed by atoms with Gasteiger partial charge in [-0.2, -0.15) is 0 Å². The number of nitrogens with zero attached hydrogens (tertiary/aromatic N) is 7. The number of hydrogen-bond acceptors (Lipinski definition) is 32. The summed E-state index contributed by atoms with van der Waals surface area (Å²) >= 11 is 0. The molecule has 1 amide bonds. The quantitative estimate of drug-likeness (QED) is 0.00715. The van der Waals surface area contributed by atoms with Crippen molar-refractivity contribution in [1.82, 2.24) is 15.0 Å². The first kappa shape index (κ1) is 106. The third kappa shape index (κ3) is 21.5. The van der Waals surface area contributed by atoms with Crippen molar-refractivity contribution < 1.29 is 120 Å². The molecule has 1 fully saturated rings. The lowest BCUT2D eigenvalue weighted by atomic mass is 9.57. The zero-order chi connectivity index (χ0) is 100.0. The van der Waals surface area contributed by atoms with Gasteiger partial charge in [0, 0.05) is 88.4 Å². The zero-order valence-electron chi connectivity index (χ0n) is 80.9. The number of primary amides is 1. The molecule has 13 rings (SSSR count). The monoisotopic (exact) mass is 1870 g/mol. The van der Waals surface area contributed by atoms with Crippen molar-refractivity contribution in [2.24, 2.45) is 23.5 Å². The average molecular weight is 1870 g/mol. The summed E-state index contributed by atoms with van der Waals surface area (Å²) in [7, 11) is 27.3. The fourth-order valence-electron chi connectivity index (χ4n) is 16.9. The molecule has 1 saturated carbocycles. The fraction of sp³-hybridized carbons (Fsp3) is 0.394. The highest BCUT2D eigenvalue weighted by molar-refractivity contribution is 6.74. The molecule has 1 heterocycles. The van der Waals surface area contributed by atoms with Gasteiger partial charge in [-0.1, -0.05) is 87.5 Å². The number of benzene rings is 7. The Morgan fingerprint density at radius 2 is 1.04 bits per heavy atom. The lowest BCUT2D eigenvalue weighted by Gasteiger charge is -2.51. The minimum Gasteiger partial charge on any atom is -0.508 e. The number of aromatic nitrogens is 1. The first-order chi connectivity index (χ1) is 63.1. The lowest BCUT2D eigenvalue weighted by Crippen LogP contribution is -2.65. The average Bonchev–Trinajstić information content (AvgIpc) is 1.11. The van der Waals surface area contributed by atoms with E-state index < -0.39 is 94.8 Å². The van der Waals surface area contributed by atoms with Crippen LogP contribution in [0.2, 0.25) is 18.1 Å². The van der Waals surface area contributed by atoms with Crippen LogP contribution in [-0.2, 0) is 50.8 Å². The molecule has 0 radical (unpaired) electrons. The van der Waals surface area contributed by atoms with Gasteiger partial charge in [0.2, 0.25) is 11.6 Å². The van der Waals surface area contributed by atoms with Gasteiger partial charge in [-0.05, 0) is 199 Å². The maximum atomic E-state index is 14.3. The summed E-state index contributed by atoms with van der Waals surface area (Å²) in [5, 5.41) is 48.4. The van der Waals surface area contributed by atoms with E-state index in [-0.39, 0.29) is 87.2 Å². The number of aliphatic hydroxyl groups is 3. The van der Waals surface area contributed by atoms with Crippen LogP contribution in [0.5, 0.6) is 40.4 Å². The van der Waals surface area contributed by atoms with Crippen LogP contribution in [0, 0.1) is 55.6 Å². The molecule has 35 heteroatoms. The number of ether oxygens (including phenoxy) is 10. The number of carbonyl (C=O) groups is 9. The van der Waals surface area contributed by atoms with E-state index in [4.69, 9.17) is 52.6 Å². The highest BCUT2D eigenvalue weighted by atomic mass is 28.4. The SMILES string of the molecule is CN(C)[C@@H]1c2onc(OCc3ccccc3)c2C(=O)[C@@]2(O[Si](C)(C)C(C)(C)C)C(=O)C=CC[C@@H]12.COC(=O)c1c(C)cccc1OC.COC(=O)c1c(OC)ccc(N(C)C)c1C.COC(=O)c1c(OC)ccc([N+](=O)[O-])c1C.COc1ccc(N(C)C)c(C)c1C(=O)Oc1ccccc1.COc1ccc(N(C)C)c2c1C(O)=C1C(=O)[C@]3(O)C(O)=C(C(N)=O)C(=O)[C@@H](N(C)C)[C@@H]3CC1C2. The second-order valence-electron chi connectivity index (χ2n) is 34.7. The number of anilines is 3. The summed E-state index contributed by atoms with van der Waals surface area (Å²) in [5.74, 6) is -5.64. The normalized spacial score (nSPS) is 18.4. The van der Waals surface area contributed by atoms with Gasteiger partial charge < -0.3 is 92.1 Å². The van der Waals surface area contributed by atoms with E-state index in [0.717, 1.165) is 44.9 Å². The number of nitrogens with two attached hydrogens (primary N) is 1. The summed E-state index contributed by atoms with van der Waals surface area (Å²) in [5.41, 5.74) is 9.43. The van der Waals surface area contributed by atoms with Crippen LogP contribution in [0.15, 0.2) is 161 Å². The maximum Gasteiger partial charge on any atom is 0.347 e. The maximum absolute atomic E-state index is 14.3. The number of likely N-dealkylation sites (N-methyl/N-ethyl adjacent to an activating group) is 1. The number of aryl methyl sites for hydroxylation is 1. The molecular weight excluding hydrogens is 1750 g/mol. The number of fused-ring (bicyclic) bond motifs is 5. The predicted octanol–water partition coefficient (Wildman–Crippen LogP) is 13.9. The second-order valence-corrected chi connectivity index (χ2v) is 39.4. The third-order valence-corrected chi connectivity index (χ3v) is 29.0. The summed E-state index contributed by atoms with van der Waals surface area (Å²) in [6, 6.07) is 36.2. The Morgan fingerprint density at radius 3 is 1.52 bits per heavy atom. The van der Waals surface area contributed by atoms with Crippen LogP contribution in [-0.4, -0.2) is 241 Å². The first-order valence-corrected chi connectivity index (χ1v) is 45.5. The van der Waals surface area contributed by atoms with Gasteiger partial charge >= 0.3 is 23.9 Å². The molecule has 7 atom stereocenters. The lowest BCUT2D eigenvalue weighted by molar-refractivity contribution is -0.385. The minimum absolute atomic E-state index is 0.0670. The number of ketones is 4. The molecule has 5 N–H and O–H groups in total. The fourth-order valence-corrected chi connectivity index (χ4v) is 18.4. The van der Waals surface area contributed by atoms with Gasteiger partial charge in [0.25, 0.3) is 17.5 Å². The number of allylic oxidation sites excluding steroid dienone is 1. The van der Waals surface area contributed by atoms with Crippen molar-refractivity contribution in [3.05, 3.63) is 239 Å². The molecule has 5 aliphatic carbocycles. The molecule has 0 bridgehead atoms. The van der Waals surface area contributed by atoms with Gasteiger partial charge in [0.05, 0.1) is 79.4 Å². The molecule has 1 aromatic heterocycles. The van der Waals surface area contributed by atoms with Gasteiger partial charge in [-0.3, -0.25) is 43.9 Å². The molecule has 8 aromatic rings. The van der Waals surface area contributed by atoms with E-state index in [9.17, 15) is 68.6 Å². The Bertz CT molecular complexity index is 5830. The van der Waals surface area contributed by atoms with E-state index in [2.05, 4.69) is 48.5 Å². The number of methoxy groups -OCH3 is 8. The van der Waals surface area contributed by atoms with E-state index in [0.29, 0.717) is 69.6 Å². The highest BCUT2D eigenvalue weighted by Crippen LogP contribution is 2.56. The first-order valence-electron chi connectivity index (χ1n) is 42.6. The second kappa shape index (κ2) is 44.2. The van der Waals surface area contributed by atoms with Crippen molar-refractivity contribution in [1.29, 1.82) is 0 Å². The summed E-state index contributed by atoms with van der Waals surface area (Å²) in [6.07, 6.45) is 4.31. The summed E-state index contributed by atoms with van der Waals surface area (Å²) in [4.78, 5) is 133. The number of aliphatic hydroxyl groups excluding tert-OH is 2. The number of amides is 1. The summed E-state index contributed by atoms with van der Waals surface area (Å²) in [6.45, 7) is 17.8. The Kier molecular flexibility index (Phi) is 34.8. The van der Waals surface area contributed by atoms with Crippen molar-refractivity contribution in [3.8, 4) is 40.4 Å². The molecule has 718 valence electrons. The molecule has 0 aliphatic heterocycles. The van der Waals surface area contributed by atoms with E-state index >= 15 is 0 Å². The standard InChI is InChI=1S/C26H34N2O5Si.C24H29N3O7.C17H19NO3.C12H17NO3.C10H11NO5.C10H12O3/c1-25(2,3)34(6,7)33-26-18(14-11-15-19(26)29)21(28(4)5)22-20(23(26)30)24(27-32-22)31-16-17-12-9-8-10-13-17;1-26(2)13-6-7-14(34-5)16-11(13)8-10-9-12-18(27(3)4)20(29)17(23(25)32)22(31)24(12,33)21(30)15(10)19(16)28;1-12-14(18(2)3)10-11-15(20-4)16(12)17(19)21-13-8-6-5-7-9-13;1-8-9(13(2)3)6-7-10(15-4)11(8)12(14)16-5;1-6-7(11(13)14)4-5-8(15-2)9(6)10(12)16-3;1-7-5-4-6-8(12-2)9(7)10(11)13-3/h8-13,15,18,21H,14,16H2,1-7H3;6-7,10,12,18,28,31,33H,8-9H2,1-5H3,(H2,25,32);5-11H,1-4H3;6-7H,1-5H3;4-5H,1-3H3;4-6H,1-3H3/t18-,21-,26-;10?,12-,18-,24-;;;;/m00..../s1. The number of esters is 4. The molecule has 0 spiro atoms. The molecular formula is C99H122N8O26Si. The number of para-hydroxylation sites is 1. The van der Waals surface area contributed by atoms with Crippen molar-refractivity contribution in [2.75, 3.05) is 142 Å². The Hall–Kier alpha value is -13.7. The van der Waals surface area contributed by atoms with E-state index in [1.54, 1.807) is 57.6 Å². The predicted molar refractivity (Wildman–Crippen MR) is 506 cm³/mol. The minimum atomic E-state index is -2.59. The number of rotatable bonds is 22. The number of carbonyl (C=O) groups excluding carboxylic acids is 9. The molecule has 34 nitrogen and oxygen atoms in total. The van der Waals surface area contributed by atoms with Crippen LogP contribution >= 0.6 is 0 Å². The highest BCUT2D eigenvalue weighted by Gasteiger charge is 2.67. The smallest absolute Gasteiger partial charge is 0.347 e. The third-order valence-electron chi connectivity index (χ3n) is 24.5. The van der Waals surface area contributed by atoms with Crippen LogP contribution in [0.3, 0.4) is 0 Å². The Balaban J connectivity index is 0.000000206. The molecule has 5 aliphatic rings. The number of nitro benzene ring substituents is 1. The zero-order valence-corrected chi connectivity index (χ0v) is 81.9. The van der Waals surface area contributed by atoms with E-state index in [1.807, 2.05) is 182 Å². The Morgan fingerprint density at radius 1 is 0.575 bits per heavy atom. The summed E-state index contributed by atoms with van der Waals surface area (Å²) < 4.78 is 63.8. The van der Waals surface area contributed by atoms with Crippen molar-refractivity contribution in [2.45, 2.75) is 116 Å². The van der Waals surface area contributed by atoms with Crippen LogP contribution < -0.4 is 53.6 Å². The molecule has 1 unspecified atom stereocenters. The molecule has 134 heavy (non-hydrogen) atoms. The molecule has 0 saturated heterocycles. The van der Waals surface area contributed by atoms with Crippen LogP contribution in [0.25, 0.3) is 5.76 Å². The topological polar surface area (TPSA) is 427 Å². The van der Waals surface area contributed by atoms with Gasteiger partial charge in [0.15, 0.2) is 36.8 Å². The van der Waals surface area contributed by atoms with Crippen LogP contribution in [0.1, 0.15) is 136 Å². The number of Topliss-reactive ketones (excluding diaryl/α,β-unsaturated/α-hetero) is 3. The Labute approximate surface area is 781 Å². The van der Waals surface area contributed by atoms with Gasteiger partial charge in [0.1, 0.15) is 86.0 Å². The largest absolute Gasteiger partial charge is 0.508 e.